The van der Waals surface area contributed by atoms with Gasteiger partial charge in [-0.25, -0.2) is 9.59 Å². The summed E-state index contributed by atoms with van der Waals surface area (Å²) in [6.45, 7) is 4.15. The van der Waals surface area contributed by atoms with Crippen LogP contribution in [0.4, 0.5) is 4.79 Å². The maximum atomic E-state index is 12.7. The third-order valence-electron chi connectivity index (χ3n) is 9.03. The molecule has 246 valence electrons. The second kappa shape index (κ2) is 16.2. The summed E-state index contributed by atoms with van der Waals surface area (Å²) in [5.74, 6) is -0.462. The highest BCUT2D eigenvalue weighted by molar-refractivity contribution is 5.83. The molecule has 0 saturated carbocycles. The average Bonchev–Trinajstić information content (AvgIpc) is 3.55. The summed E-state index contributed by atoms with van der Waals surface area (Å²) in [7, 11) is 1.30. The molecule has 0 unspecified atom stereocenters. The third-order valence-corrected chi connectivity index (χ3v) is 9.03. The standard InChI is InChI=1S/C36H45N3O7/c1-24-32(21-39-18-6-9-30(39)23-41)45-35(46-33(24)28-14-12-27(22-40)13-15-28)29-16-10-26(11-17-29)20-37-36(43)38-31(34(42)44-2)19-25-7-4-3-5-8-25/h3-5,7-8,10-17,24,30-33,35,40-41H,6,9,18-23H2,1-2H3,(H2,37,38,43)/t24-,30-,31-,32+,33+,35+/m0/s1. The van der Waals surface area contributed by atoms with Crippen LogP contribution in [0.2, 0.25) is 0 Å². The number of esters is 1. The van der Waals surface area contributed by atoms with Crippen molar-refractivity contribution in [1.29, 1.82) is 0 Å². The zero-order valence-corrected chi connectivity index (χ0v) is 26.5. The molecule has 2 saturated heterocycles. The molecule has 10 heteroatoms. The number of likely N-dealkylation sites (tertiary alicyclic amines) is 1. The Balaban J connectivity index is 1.24. The molecule has 0 aromatic heterocycles. The van der Waals surface area contributed by atoms with Gasteiger partial charge in [-0.05, 0) is 41.6 Å². The quantitative estimate of drug-likeness (QED) is 0.221. The van der Waals surface area contributed by atoms with E-state index in [0.717, 1.165) is 47.2 Å². The lowest BCUT2D eigenvalue weighted by atomic mass is 9.90. The Morgan fingerprint density at radius 1 is 0.935 bits per heavy atom. The number of ether oxygens (including phenoxy) is 3. The first kappa shape index (κ1) is 33.6. The van der Waals surface area contributed by atoms with Crippen molar-refractivity contribution in [2.75, 3.05) is 26.8 Å². The molecule has 3 aromatic carbocycles. The maximum absolute atomic E-state index is 12.7. The van der Waals surface area contributed by atoms with Crippen LogP contribution in [-0.2, 0) is 38.6 Å². The molecule has 2 amide bonds. The normalized spacial score (nSPS) is 23.9. The number of rotatable bonds is 12. The third kappa shape index (κ3) is 8.51. The van der Waals surface area contributed by atoms with Crippen molar-refractivity contribution in [3.05, 3.63) is 107 Å². The zero-order chi connectivity index (χ0) is 32.5. The van der Waals surface area contributed by atoms with Gasteiger partial charge in [0.25, 0.3) is 0 Å². The summed E-state index contributed by atoms with van der Waals surface area (Å²) < 4.78 is 18.1. The van der Waals surface area contributed by atoms with Gasteiger partial charge in [0, 0.05) is 37.0 Å². The van der Waals surface area contributed by atoms with Crippen LogP contribution in [0.5, 0.6) is 0 Å². The van der Waals surface area contributed by atoms with Gasteiger partial charge in [-0.15, -0.1) is 0 Å². The number of carbonyl (C=O) groups is 2. The summed E-state index contributed by atoms with van der Waals surface area (Å²) in [6, 6.07) is 23.9. The Kier molecular flexibility index (Phi) is 11.8. The van der Waals surface area contributed by atoms with Gasteiger partial charge in [0.05, 0.1) is 32.5 Å². The Hall–Kier alpha value is -3.80. The summed E-state index contributed by atoms with van der Waals surface area (Å²) in [5, 5.41) is 25.0. The molecule has 5 rings (SSSR count). The maximum Gasteiger partial charge on any atom is 0.328 e. The average molecular weight is 632 g/mol. The predicted molar refractivity (Wildman–Crippen MR) is 172 cm³/mol. The fraction of sp³-hybridized carbons (Fsp3) is 0.444. The molecule has 46 heavy (non-hydrogen) atoms. The van der Waals surface area contributed by atoms with E-state index in [2.05, 4.69) is 22.5 Å². The number of aliphatic hydroxyl groups is 2. The molecule has 10 nitrogen and oxygen atoms in total. The summed E-state index contributed by atoms with van der Waals surface area (Å²) in [4.78, 5) is 27.3. The Labute approximate surface area is 270 Å². The van der Waals surface area contributed by atoms with E-state index in [4.69, 9.17) is 14.2 Å². The molecule has 3 aromatic rings. The molecule has 0 radical (unpaired) electrons. The number of urea groups is 1. The van der Waals surface area contributed by atoms with E-state index in [9.17, 15) is 19.8 Å². The van der Waals surface area contributed by atoms with E-state index in [1.165, 1.54) is 7.11 Å². The molecule has 2 fully saturated rings. The molecule has 2 aliphatic heterocycles. The smallest absolute Gasteiger partial charge is 0.328 e. The number of amides is 2. The van der Waals surface area contributed by atoms with E-state index in [1.807, 2.05) is 78.9 Å². The van der Waals surface area contributed by atoms with E-state index in [0.29, 0.717) is 13.0 Å². The molecule has 4 N–H and O–H groups in total. The van der Waals surface area contributed by atoms with Crippen molar-refractivity contribution in [3.63, 3.8) is 0 Å². The number of nitrogens with one attached hydrogen (secondary N) is 2. The van der Waals surface area contributed by atoms with Crippen LogP contribution in [0.1, 0.15) is 60.0 Å². The van der Waals surface area contributed by atoms with Crippen LogP contribution >= 0.6 is 0 Å². The van der Waals surface area contributed by atoms with Crippen LogP contribution in [-0.4, -0.2) is 72.1 Å². The van der Waals surface area contributed by atoms with Crippen LogP contribution in [0.3, 0.4) is 0 Å². The Bertz CT molecular complexity index is 1400. The Morgan fingerprint density at radius 2 is 1.63 bits per heavy atom. The highest BCUT2D eigenvalue weighted by Crippen LogP contribution is 2.42. The molecular weight excluding hydrogens is 586 g/mol. The second-order valence-electron chi connectivity index (χ2n) is 12.1. The SMILES string of the molecule is COC(=O)[C@H](Cc1ccccc1)NC(=O)NCc1ccc([C@@H]2O[C@H](CN3CCC[C@H]3CO)[C@H](C)[C@H](c3ccc(CO)cc3)O2)cc1. The Morgan fingerprint density at radius 3 is 2.30 bits per heavy atom. The minimum Gasteiger partial charge on any atom is -0.467 e. The fourth-order valence-corrected chi connectivity index (χ4v) is 6.27. The number of nitrogens with zero attached hydrogens (tertiary/aromatic N) is 1. The van der Waals surface area contributed by atoms with E-state index in [-0.39, 0.29) is 43.9 Å². The largest absolute Gasteiger partial charge is 0.467 e. The predicted octanol–water partition coefficient (Wildman–Crippen LogP) is 4.01. The van der Waals surface area contributed by atoms with Gasteiger partial charge in [0.1, 0.15) is 6.04 Å². The lowest BCUT2D eigenvalue weighted by Crippen LogP contribution is -2.47. The van der Waals surface area contributed by atoms with Crippen LogP contribution in [0.15, 0.2) is 78.9 Å². The first-order valence-electron chi connectivity index (χ1n) is 16.0. The number of methoxy groups -OCH3 is 1. The molecule has 2 aliphatic rings. The monoisotopic (exact) mass is 631 g/mol. The van der Waals surface area contributed by atoms with Gasteiger partial charge in [0.2, 0.25) is 0 Å². The summed E-state index contributed by atoms with van der Waals surface area (Å²) in [5.41, 5.74) is 4.50. The van der Waals surface area contributed by atoms with Crippen molar-refractivity contribution in [2.24, 2.45) is 5.92 Å². The number of hydrogen-bond donors (Lipinski definition) is 4. The highest BCUT2D eigenvalue weighted by atomic mass is 16.7. The van der Waals surface area contributed by atoms with Crippen molar-refractivity contribution in [1.82, 2.24) is 15.5 Å². The first-order chi connectivity index (χ1) is 22.4. The molecule has 0 bridgehead atoms. The van der Waals surface area contributed by atoms with Crippen molar-refractivity contribution in [2.45, 2.75) is 69.9 Å². The minimum absolute atomic E-state index is 0.0182. The van der Waals surface area contributed by atoms with Gasteiger partial charge in [-0.1, -0.05) is 85.8 Å². The number of aliphatic hydroxyl groups excluding tert-OH is 2. The van der Waals surface area contributed by atoms with Crippen molar-refractivity contribution >= 4 is 12.0 Å². The van der Waals surface area contributed by atoms with Gasteiger partial charge in [0.15, 0.2) is 6.29 Å². The topological polar surface area (TPSA) is 130 Å². The minimum atomic E-state index is -0.813. The van der Waals surface area contributed by atoms with E-state index in [1.54, 1.807) is 0 Å². The molecular formula is C36H45N3O7. The van der Waals surface area contributed by atoms with Crippen molar-refractivity contribution in [3.8, 4) is 0 Å². The van der Waals surface area contributed by atoms with Gasteiger partial charge in [-0.2, -0.15) is 0 Å². The van der Waals surface area contributed by atoms with Gasteiger partial charge < -0.3 is 35.1 Å². The van der Waals surface area contributed by atoms with Crippen LogP contribution in [0, 0.1) is 5.92 Å². The molecule has 6 atom stereocenters. The summed E-state index contributed by atoms with van der Waals surface area (Å²) >= 11 is 0. The number of benzene rings is 3. The molecule has 0 spiro atoms. The zero-order valence-electron chi connectivity index (χ0n) is 26.5. The van der Waals surface area contributed by atoms with E-state index >= 15 is 0 Å². The van der Waals surface area contributed by atoms with Crippen molar-refractivity contribution < 1.29 is 34.0 Å². The molecule has 2 heterocycles. The van der Waals surface area contributed by atoms with Gasteiger partial charge in [-0.3, -0.25) is 4.90 Å². The highest BCUT2D eigenvalue weighted by Gasteiger charge is 2.40. The first-order valence-corrected chi connectivity index (χ1v) is 16.0. The molecule has 0 aliphatic carbocycles. The fourth-order valence-electron chi connectivity index (χ4n) is 6.27. The van der Waals surface area contributed by atoms with E-state index < -0.39 is 24.3 Å². The lowest BCUT2D eigenvalue weighted by Gasteiger charge is -2.43. The lowest BCUT2D eigenvalue weighted by molar-refractivity contribution is -0.276. The van der Waals surface area contributed by atoms with Gasteiger partial charge >= 0.3 is 12.0 Å². The van der Waals surface area contributed by atoms with Crippen LogP contribution < -0.4 is 10.6 Å². The summed E-state index contributed by atoms with van der Waals surface area (Å²) in [6.07, 6.45) is 1.40. The second-order valence-corrected chi connectivity index (χ2v) is 12.1. The number of hydrogen-bond acceptors (Lipinski definition) is 8. The van der Waals surface area contributed by atoms with Crippen LogP contribution in [0.25, 0.3) is 0 Å². The number of carbonyl (C=O) groups excluding carboxylic acids is 2.